The van der Waals surface area contributed by atoms with Crippen LogP contribution >= 0.6 is 0 Å². The number of carbonyl (C=O) groups excluding carboxylic acids is 1. The Balaban J connectivity index is 2.27. The maximum atomic E-state index is 12.8. The second-order valence-corrected chi connectivity index (χ2v) is 6.71. The number of fused-ring (bicyclic) bond motifs is 1. The Morgan fingerprint density at radius 2 is 1.96 bits per heavy atom. The highest BCUT2D eigenvalue weighted by molar-refractivity contribution is 6.05. The van der Waals surface area contributed by atoms with E-state index in [0.29, 0.717) is 13.0 Å². The number of methoxy groups -OCH3 is 1. The molecule has 1 amide bonds. The SMILES string of the molecule is CCCCOc1ccc(NC(=O)[C@](C)(CCCC)OC)c2cccnc12. The van der Waals surface area contributed by atoms with Crippen LogP contribution in [0.1, 0.15) is 52.9 Å². The zero-order valence-corrected chi connectivity index (χ0v) is 16.3. The molecule has 1 atom stereocenters. The molecule has 5 nitrogen and oxygen atoms in total. The molecular weight excluding hydrogens is 328 g/mol. The van der Waals surface area contributed by atoms with Crippen LogP contribution in [0.25, 0.3) is 10.9 Å². The number of rotatable bonds is 10. The van der Waals surface area contributed by atoms with Gasteiger partial charge >= 0.3 is 0 Å². The third-order valence-corrected chi connectivity index (χ3v) is 4.67. The Kier molecular flexibility index (Phi) is 7.39. The van der Waals surface area contributed by atoms with Crippen molar-refractivity contribution < 1.29 is 14.3 Å². The molecule has 0 aliphatic rings. The highest BCUT2D eigenvalue weighted by Crippen LogP contribution is 2.31. The van der Waals surface area contributed by atoms with E-state index in [4.69, 9.17) is 9.47 Å². The number of amides is 1. The molecule has 1 N–H and O–H groups in total. The van der Waals surface area contributed by atoms with Gasteiger partial charge in [0.25, 0.3) is 5.91 Å². The van der Waals surface area contributed by atoms with Gasteiger partial charge < -0.3 is 14.8 Å². The minimum atomic E-state index is -0.846. The van der Waals surface area contributed by atoms with E-state index >= 15 is 0 Å². The average Bonchev–Trinajstić information content (AvgIpc) is 2.67. The molecule has 26 heavy (non-hydrogen) atoms. The summed E-state index contributed by atoms with van der Waals surface area (Å²) in [6, 6.07) is 7.55. The first-order chi connectivity index (χ1) is 12.6. The zero-order valence-electron chi connectivity index (χ0n) is 16.3. The molecule has 0 saturated carbocycles. The summed E-state index contributed by atoms with van der Waals surface area (Å²) in [4.78, 5) is 17.3. The molecule has 0 saturated heterocycles. The summed E-state index contributed by atoms with van der Waals surface area (Å²) in [5.74, 6) is 0.603. The summed E-state index contributed by atoms with van der Waals surface area (Å²) in [5, 5.41) is 3.88. The van der Waals surface area contributed by atoms with Crippen molar-refractivity contribution in [3.05, 3.63) is 30.5 Å². The topological polar surface area (TPSA) is 60.5 Å². The number of aromatic nitrogens is 1. The standard InChI is InChI=1S/C21H30N2O3/c1-5-7-13-21(3,25-4)20(24)23-17-11-12-18(26-15-8-6-2)19-16(17)10-9-14-22-19/h9-12,14H,5-8,13,15H2,1-4H3,(H,23,24)/t21-/m0/s1. The summed E-state index contributed by atoms with van der Waals surface area (Å²) < 4.78 is 11.4. The van der Waals surface area contributed by atoms with Gasteiger partial charge in [0.05, 0.1) is 12.3 Å². The van der Waals surface area contributed by atoms with Crippen LogP contribution in [-0.4, -0.2) is 30.2 Å². The van der Waals surface area contributed by atoms with Gasteiger partial charge in [-0.3, -0.25) is 9.78 Å². The van der Waals surface area contributed by atoms with E-state index in [1.807, 2.05) is 31.2 Å². The fraction of sp³-hybridized carbons (Fsp3) is 0.524. The van der Waals surface area contributed by atoms with Crippen LogP contribution < -0.4 is 10.1 Å². The molecule has 0 aliphatic heterocycles. The predicted molar refractivity (Wildman–Crippen MR) is 106 cm³/mol. The molecule has 0 spiro atoms. The van der Waals surface area contributed by atoms with Crippen LogP contribution in [-0.2, 0) is 9.53 Å². The molecule has 2 aromatic rings. The summed E-state index contributed by atoms with van der Waals surface area (Å²) in [6.45, 7) is 6.72. The monoisotopic (exact) mass is 358 g/mol. The van der Waals surface area contributed by atoms with Crippen LogP contribution in [0.5, 0.6) is 5.75 Å². The first-order valence-corrected chi connectivity index (χ1v) is 9.42. The van der Waals surface area contributed by atoms with Gasteiger partial charge in [-0.2, -0.15) is 0 Å². The lowest BCUT2D eigenvalue weighted by molar-refractivity contribution is -0.136. The Bertz CT molecular complexity index is 732. The molecule has 5 heteroatoms. The van der Waals surface area contributed by atoms with E-state index in [9.17, 15) is 4.79 Å². The third kappa shape index (κ3) is 4.73. The first kappa shape index (κ1) is 20.2. The number of ether oxygens (including phenoxy) is 2. The zero-order chi connectivity index (χ0) is 19.0. The molecule has 0 aliphatic carbocycles. The Labute approximate surface area is 156 Å². The van der Waals surface area contributed by atoms with Gasteiger partial charge in [0.2, 0.25) is 0 Å². The molecule has 0 unspecified atom stereocenters. The largest absolute Gasteiger partial charge is 0.491 e. The second-order valence-electron chi connectivity index (χ2n) is 6.71. The number of hydrogen-bond donors (Lipinski definition) is 1. The van der Waals surface area contributed by atoms with Gasteiger partial charge in [-0.1, -0.05) is 33.1 Å². The number of nitrogens with one attached hydrogen (secondary N) is 1. The van der Waals surface area contributed by atoms with Gasteiger partial charge in [0.1, 0.15) is 16.9 Å². The van der Waals surface area contributed by atoms with Gasteiger partial charge in [-0.15, -0.1) is 0 Å². The van der Waals surface area contributed by atoms with E-state index in [1.165, 1.54) is 0 Å². The maximum absolute atomic E-state index is 12.8. The van der Waals surface area contributed by atoms with Gasteiger partial charge in [-0.25, -0.2) is 0 Å². The summed E-state index contributed by atoms with van der Waals surface area (Å²) in [6.07, 6.45) is 6.44. The Morgan fingerprint density at radius 1 is 1.19 bits per heavy atom. The molecule has 142 valence electrons. The second kappa shape index (κ2) is 9.53. The summed E-state index contributed by atoms with van der Waals surface area (Å²) in [5.41, 5.74) is 0.635. The lowest BCUT2D eigenvalue weighted by Crippen LogP contribution is -2.42. The van der Waals surface area contributed by atoms with E-state index in [1.54, 1.807) is 13.3 Å². The van der Waals surface area contributed by atoms with Crippen molar-refractivity contribution in [3.63, 3.8) is 0 Å². The van der Waals surface area contributed by atoms with Crippen LogP contribution in [0.3, 0.4) is 0 Å². The number of carbonyl (C=O) groups is 1. The van der Waals surface area contributed by atoms with Crippen molar-refractivity contribution in [1.82, 2.24) is 4.98 Å². The van der Waals surface area contributed by atoms with Crippen molar-refractivity contribution >= 4 is 22.5 Å². The molecule has 0 bridgehead atoms. The molecule has 0 fully saturated rings. The molecule has 0 radical (unpaired) electrons. The highest BCUT2D eigenvalue weighted by atomic mass is 16.5. The number of pyridine rings is 1. The van der Waals surface area contributed by atoms with Crippen LogP contribution in [0.4, 0.5) is 5.69 Å². The van der Waals surface area contributed by atoms with Crippen LogP contribution in [0.2, 0.25) is 0 Å². The van der Waals surface area contributed by atoms with E-state index in [0.717, 1.165) is 48.0 Å². The molecule has 1 aromatic heterocycles. The smallest absolute Gasteiger partial charge is 0.256 e. The summed E-state index contributed by atoms with van der Waals surface area (Å²) in [7, 11) is 1.58. The average molecular weight is 358 g/mol. The Morgan fingerprint density at radius 3 is 2.65 bits per heavy atom. The van der Waals surface area contributed by atoms with Crippen molar-refractivity contribution in [3.8, 4) is 5.75 Å². The van der Waals surface area contributed by atoms with E-state index in [-0.39, 0.29) is 5.91 Å². The number of anilines is 1. The van der Waals surface area contributed by atoms with Gasteiger partial charge in [0, 0.05) is 18.7 Å². The molecule has 1 heterocycles. The number of nitrogens with zero attached hydrogens (tertiary/aromatic N) is 1. The van der Waals surface area contributed by atoms with E-state index < -0.39 is 5.60 Å². The van der Waals surface area contributed by atoms with Crippen molar-refractivity contribution in [2.24, 2.45) is 0 Å². The van der Waals surface area contributed by atoms with Crippen LogP contribution in [0.15, 0.2) is 30.5 Å². The minimum absolute atomic E-state index is 0.141. The highest BCUT2D eigenvalue weighted by Gasteiger charge is 2.32. The lowest BCUT2D eigenvalue weighted by Gasteiger charge is -2.27. The predicted octanol–water partition coefficient (Wildman–Crippen LogP) is 4.95. The first-order valence-electron chi connectivity index (χ1n) is 9.42. The molecular formula is C21H30N2O3. The molecule has 1 aromatic carbocycles. The quantitative estimate of drug-likeness (QED) is 0.611. The van der Waals surface area contributed by atoms with Crippen LogP contribution in [0, 0.1) is 0 Å². The van der Waals surface area contributed by atoms with E-state index in [2.05, 4.69) is 24.1 Å². The van der Waals surface area contributed by atoms with Gasteiger partial charge in [0.15, 0.2) is 0 Å². The normalized spacial score (nSPS) is 13.4. The fourth-order valence-electron chi connectivity index (χ4n) is 2.78. The fourth-order valence-corrected chi connectivity index (χ4v) is 2.78. The van der Waals surface area contributed by atoms with Crippen molar-refractivity contribution in [1.29, 1.82) is 0 Å². The number of hydrogen-bond acceptors (Lipinski definition) is 4. The van der Waals surface area contributed by atoms with Gasteiger partial charge in [-0.05, 0) is 44.0 Å². The van der Waals surface area contributed by atoms with Crippen molar-refractivity contribution in [2.45, 2.75) is 58.5 Å². The maximum Gasteiger partial charge on any atom is 0.256 e. The minimum Gasteiger partial charge on any atom is -0.491 e. The third-order valence-electron chi connectivity index (χ3n) is 4.67. The van der Waals surface area contributed by atoms with Crippen molar-refractivity contribution in [2.75, 3.05) is 19.0 Å². The summed E-state index contributed by atoms with van der Waals surface area (Å²) >= 11 is 0. The Hall–Kier alpha value is -2.14. The molecule has 2 rings (SSSR count). The number of benzene rings is 1. The lowest BCUT2D eigenvalue weighted by atomic mass is 9.97. The number of unbranched alkanes of at least 4 members (excludes halogenated alkanes) is 2.